The lowest BCUT2D eigenvalue weighted by Gasteiger charge is -2.12. The molecular formula is C23H21N3O4S. The van der Waals surface area contributed by atoms with Crippen LogP contribution in [0.5, 0.6) is 5.75 Å². The highest BCUT2D eigenvalue weighted by atomic mass is 32.1. The third kappa shape index (κ3) is 6.10. The fourth-order valence-corrected chi connectivity index (χ4v) is 3.15. The Labute approximate surface area is 185 Å². The summed E-state index contributed by atoms with van der Waals surface area (Å²) in [6.07, 6.45) is 0.758. The van der Waals surface area contributed by atoms with E-state index in [2.05, 4.69) is 10.6 Å². The number of hydrogen-bond acceptors (Lipinski definition) is 5. The van der Waals surface area contributed by atoms with E-state index in [9.17, 15) is 14.9 Å². The van der Waals surface area contributed by atoms with Crippen LogP contribution in [0.2, 0.25) is 0 Å². The van der Waals surface area contributed by atoms with E-state index in [1.807, 2.05) is 30.3 Å². The third-order valence-electron chi connectivity index (χ3n) is 4.58. The smallest absolute Gasteiger partial charge is 0.274 e. The summed E-state index contributed by atoms with van der Waals surface area (Å²) >= 11 is 5.19. The van der Waals surface area contributed by atoms with Gasteiger partial charge in [0, 0.05) is 18.1 Å². The molecule has 3 rings (SSSR count). The van der Waals surface area contributed by atoms with Crippen molar-refractivity contribution in [3.05, 3.63) is 99.6 Å². The Morgan fingerprint density at radius 3 is 2.55 bits per heavy atom. The van der Waals surface area contributed by atoms with Crippen LogP contribution >= 0.6 is 12.2 Å². The highest BCUT2D eigenvalue weighted by Gasteiger charge is 2.15. The normalized spacial score (nSPS) is 10.2. The number of nitrogens with zero attached hydrogens (tertiary/aromatic N) is 1. The molecule has 0 unspecified atom stereocenters. The van der Waals surface area contributed by atoms with E-state index in [0.717, 1.165) is 6.42 Å². The van der Waals surface area contributed by atoms with E-state index >= 15 is 0 Å². The molecule has 0 heterocycles. The molecule has 0 spiro atoms. The molecule has 31 heavy (non-hydrogen) atoms. The monoisotopic (exact) mass is 435 g/mol. The first kappa shape index (κ1) is 21.9. The van der Waals surface area contributed by atoms with Gasteiger partial charge in [0.05, 0.1) is 22.8 Å². The van der Waals surface area contributed by atoms with Crippen molar-refractivity contribution in [1.82, 2.24) is 5.32 Å². The van der Waals surface area contributed by atoms with Gasteiger partial charge in [0.15, 0.2) is 5.11 Å². The number of anilines is 1. The SMILES string of the molecule is Cc1c(NC(=S)NC(=O)c2cccc(OCCc3ccccc3)c2)cccc1[N+](=O)[O-]. The molecule has 0 bridgehead atoms. The Kier molecular flexibility index (Phi) is 7.29. The summed E-state index contributed by atoms with van der Waals surface area (Å²) in [6, 6.07) is 21.4. The predicted octanol–water partition coefficient (Wildman–Crippen LogP) is 4.65. The highest BCUT2D eigenvalue weighted by molar-refractivity contribution is 7.80. The standard InChI is InChI=1S/C23H21N3O4S/c1-16-20(11-6-12-21(16)26(28)29)24-23(31)25-22(27)18-9-5-10-19(15-18)30-14-13-17-7-3-2-4-8-17/h2-12,15H,13-14H2,1H3,(H2,24,25,27,31). The zero-order valence-corrected chi connectivity index (χ0v) is 17.6. The minimum absolute atomic E-state index is 0.0283. The van der Waals surface area contributed by atoms with Crippen molar-refractivity contribution in [3.8, 4) is 5.75 Å². The summed E-state index contributed by atoms with van der Waals surface area (Å²) in [5.74, 6) is 0.172. The van der Waals surface area contributed by atoms with E-state index in [4.69, 9.17) is 17.0 Å². The molecule has 3 aromatic rings. The van der Waals surface area contributed by atoms with Gasteiger partial charge in [-0.1, -0.05) is 42.5 Å². The second kappa shape index (κ2) is 10.3. The average molecular weight is 436 g/mol. The Bertz CT molecular complexity index is 1100. The maximum atomic E-state index is 12.6. The number of rotatable bonds is 7. The molecule has 0 radical (unpaired) electrons. The minimum atomic E-state index is -0.467. The second-order valence-electron chi connectivity index (χ2n) is 6.73. The van der Waals surface area contributed by atoms with Crippen LogP contribution in [0.3, 0.4) is 0 Å². The summed E-state index contributed by atoms with van der Waals surface area (Å²) in [5, 5.41) is 16.5. The largest absolute Gasteiger partial charge is 0.493 e. The molecule has 2 N–H and O–H groups in total. The zero-order valence-electron chi connectivity index (χ0n) is 16.8. The number of benzene rings is 3. The Balaban J connectivity index is 1.58. The van der Waals surface area contributed by atoms with E-state index in [1.54, 1.807) is 43.3 Å². The van der Waals surface area contributed by atoms with Crippen LogP contribution < -0.4 is 15.4 Å². The Hall–Kier alpha value is -3.78. The summed E-state index contributed by atoms with van der Waals surface area (Å²) < 4.78 is 5.76. The molecule has 3 aromatic carbocycles. The topological polar surface area (TPSA) is 93.5 Å². The first-order valence-corrected chi connectivity index (χ1v) is 9.98. The molecule has 0 aliphatic rings. The molecule has 0 aromatic heterocycles. The van der Waals surface area contributed by atoms with E-state index in [1.165, 1.54) is 11.6 Å². The van der Waals surface area contributed by atoms with Crippen molar-refractivity contribution in [2.45, 2.75) is 13.3 Å². The van der Waals surface area contributed by atoms with E-state index in [0.29, 0.717) is 29.2 Å². The summed E-state index contributed by atoms with van der Waals surface area (Å²) in [6.45, 7) is 2.10. The average Bonchev–Trinajstić information content (AvgIpc) is 2.76. The lowest BCUT2D eigenvalue weighted by molar-refractivity contribution is -0.385. The molecule has 0 fully saturated rings. The molecule has 7 nitrogen and oxygen atoms in total. The number of hydrogen-bond donors (Lipinski definition) is 2. The van der Waals surface area contributed by atoms with Crippen molar-refractivity contribution in [3.63, 3.8) is 0 Å². The molecule has 1 amide bonds. The molecule has 0 aliphatic heterocycles. The van der Waals surface area contributed by atoms with Crippen LogP contribution in [0.25, 0.3) is 0 Å². The van der Waals surface area contributed by atoms with Gasteiger partial charge in [-0.05, 0) is 49.0 Å². The lowest BCUT2D eigenvalue weighted by Crippen LogP contribution is -2.34. The summed E-state index contributed by atoms with van der Waals surface area (Å²) in [5.41, 5.74) is 2.41. The van der Waals surface area contributed by atoms with E-state index in [-0.39, 0.29) is 10.8 Å². The maximum absolute atomic E-state index is 12.6. The molecule has 158 valence electrons. The van der Waals surface area contributed by atoms with Crippen LogP contribution in [0, 0.1) is 17.0 Å². The quantitative estimate of drug-likeness (QED) is 0.319. The number of nitro benzene ring substituents is 1. The van der Waals surface area contributed by atoms with Gasteiger partial charge in [0.25, 0.3) is 11.6 Å². The number of thiocarbonyl (C=S) groups is 1. The van der Waals surface area contributed by atoms with Crippen LogP contribution in [0.15, 0.2) is 72.8 Å². The number of nitrogens with one attached hydrogen (secondary N) is 2. The molecule has 0 saturated carbocycles. The van der Waals surface area contributed by atoms with Crippen molar-refractivity contribution in [1.29, 1.82) is 0 Å². The first-order valence-electron chi connectivity index (χ1n) is 9.57. The zero-order chi connectivity index (χ0) is 22.2. The van der Waals surface area contributed by atoms with Crippen molar-refractivity contribution in [2.24, 2.45) is 0 Å². The van der Waals surface area contributed by atoms with E-state index < -0.39 is 10.8 Å². The fourth-order valence-electron chi connectivity index (χ4n) is 2.94. The van der Waals surface area contributed by atoms with Crippen LogP contribution in [-0.4, -0.2) is 22.5 Å². The number of nitro groups is 1. The van der Waals surface area contributed by atoms with Crippen molar-refractivity contribution >= 4 is 34.6 Å². The van der Waals surface area contributed by atoms with Crippen LogP contribution in [0.1, 0.15) is 21.5 Å². The van der Waals surface area contributed by atoms with Crippen molar-refractivity contribution in [2.75, 3.05) is 11.9 Å². The van der Waals surface area contributed by atoms with Crippen LogP contribution in [-0.2, 0) is 6.42 Å². The number of carbonyl (C=O) groups excluding carboxylic acids is 1. The van der Waals surface area contributed by atoms with Crippen molar-refractivity contribution < 1.29 is 14.5 Å². The second-order valence-corrected chi connectivity index (χ2v) is 7.14. The highest BCUT2D eigenvalue weighted by Crippen LogP contribution is 2.25. The summed E-state index contributed by atoms with van der Waals surface area (Å²) in [4.78, 5) is 23.2. The van der Waals surface area contributed by atoms with Gasteiger partial charge in [-0.3, -0.25) is 20.2 Å². The van der Waals surface area contributed by atoms with Gasteiger partial charge < -0.3 is 10.1 Å². The minimum Gasteiger partial charge on any atom is -0.493 e. The Morgan fingerprint density at radius 2 is 1.81 bits per heavy atom. The number of ether oxygens (including phenoxy) is 1. The lowest BCUT2D eigenvalue weighted by atomic mass is 10.1. The predicted molar refractivity (Wildman–Crippen MR) is 124 cm³/mol. The first-order chi connectivity index (χ1) is 14.9. The van der Waals surface area contributed by atoms with Gasteiger partial charge >= 0.3 is 0 Å². The van der Waals surface area contributed by atoms with Gasteiger partial charge in [-0.15, -0.1) is 0 Å². The number of carbonyl (C=O) groups is 1. The molecular weight excluding hydrogens is 414 g/mol. The number of amides is 1. The maximum Gasteiger partial charge on any atom is 0.274 e. The van der Waals surface area contributed by atoms with Gasteiger partial charge in [-0.25, -0.2) is 0 Å². The third-order valence-corrected chi connectivity index (χ3v) is 4.78. The Morgan fingerprint density at radius 1 is 1.06 bits per heavy atom. The summed E-state index contributed by atoms with van der Waals surface area (Å²) in [7, 11) is 0. The van der Waals surface area contributed by atoms with Gasteiger partial charge in [0.1, 0.15) is 5.75 Å². The fraction of sp³-hybridized carbons (Fsp3) is 0.130. The molecule has 0 aliphatic carbocycles. The van der Waals surface area contributed by atoms with Crippen LogP contribution in [0.4, 0.5) is 11.4 Å². The molecule has 8 heteroatoms. The molecule has 0 saturated heterocycles. The molecule has 0 atom stereocenters. The van der Waals surface area contributed by atoms with Gasteiger partial charge in [0.2, 0.25) is 0 Å². The van der Waals surface area contributed by atoms with Gasteiger partial charge in [-0.2, -0.15) is 0 Å².